The number of carboxylic acid groups (broad SMARTS) is 2. The fourth-order valence-corrected chi connectivity index (χ4v) is 2.75. The molecular weight excluding hydrogens is 332 g/mol. The molecule has 1 saturated heterocycles. The number of benzene rings is 2. The van der Waals surface area contributed by atoms with Crippen molar-refractivity contribution in [3.8, 4) is 0 Å². The standard InChI is InChI=1S/C18H22N2.C2H2O4/c1-16-7-9-17(10-8-16)15-19-11-13-20(14-12-19)18-5-3-2-4-6-18;3-1(4)2(5)6/h2-10H,11-15H2,1H3;(H,3,4)(H,5,6). The van der Waals surface area contributed by atoms with Crippen LogP contribution in [0, 0.1) is 6.92 Å². The zero-order valence-electron chi connectivity index (χ0n) is 14.8. The van der Waals surface area contributed by atoms with Gasteiger partial charge >= 0.3 is 11.9 Å². The lowest BCUT2D eigenvalue weighted by molar-refractivity contribution is -0.159. The van der Waals surface area contributed by atoms with Gasteiger partial charge < -0.3 is 15.1 Å². The lowest BCUT2D eigenvalue weighted by Crippen LogP contribution is -2.45. The summed E-state index contributed by atoms with van der Waals surface area (Å²) in [5.41, 5.74) is 4.11. The minimum atomic E-state index is -1.82. The molecule has 1 fully saturated rings. The topological polar surface area (TPSA) is 81.1 Å². The molecule has 2 aromatic rings. The molecule has 2 N–H and O–H groups in total. The highest BCUT2D eigenvalue weighted by Crippen LogP contribution is 2.16. The molecule has 1 heterocycles. The third-order valence-electron chi connectivity index (χ3n) is 4.20. The predicted octanol–water partition coefficient (Wildman–Crippen LogP) is 2.47. The number of aryl methyl sites for hydroxylation is 1. The number of carboxylic acids is 2. The van der Waals surface area contributed by atoms with E-state index in [1.54, 1.807) is 0 Å². The Morgan fingerprint density at radius 3 is 1.88 bits per heavy atom. The lowest BCUT2D eigenvalue weighted by Gasteiger charge is -2.36. The first-order valence-corrected chi connectivity index (χ1v) is 8.50. The smallest absolute Gasteiger partial charge is 0.414 e. The van der Waals surface area contributed by atoms with Gasteiger partial charge in [0, 0.05) is 38.4 Å². The Morgan fingerprint density at radius 1 is 0.846 bits per heavy atom. The highest BCUT2D eigenvalue weighted by Gasteiger charge is 2.16. The van der Waals surface area contributed by atoms with Gasteiger partial charge in [-0.25, -0.2) is 9.59 Å². The van der Waals surface area contributed by atoms with E-state index in [9.17, 15) is 0 Å². The zero-order valence-corrected chi connectivity index (χ0v) is 14.8. The van der Waals surface area contributed by atoms with Crippen LogP contribution in [0.4, 0.5) is 5.69 Å². The van der Waals surface area contributed by atoms with E-state index in [4.69, 9.17) is 19.8 Å². The second-order valence-corrected chi connectivity index (χ2v) is 6.19. The van der Waals surface area contributed by atoms with Crippen molar-refractivity contribution < 1.29 is 19.8 Å². The molecular formula is C20H24N2O4. The number of para-hydroxylation sites is 1. The molecule has 0 aromatic heterocycles. The van der Waals surface area contributed by atoms with Gasteiger partial charge in [0.15, 0.2) is 0 Å². The van der Waals surface area contributed by atoms with Crippen LogP contribution in [-0.4, -0.2) is 53.2 Å². The van der Waals surface area contributed by atoms with E-state index in [-0.39, 0.29) is 0 Å². The fourth-order valence-electron chi connectivity index (χ4n) is 2.75. The van der Waals surface area contributed by atoms with Gasteiger partial charge in [0.05, 0.1) is 0 Å². The molecule has 0 bridgehead atoms. The average Bonchev–Trinajstić information content (AvgIpc) is 2.65. The van der Waals surface area contributed by atoms with Crippen LogP contribution in [0.5, 0.6) is 0 Å². The van der Waals surface area contributed by atoms with Gasteiger partial charge in [-0.1, -0.05) is 48.0 Å². The van der Waals surface area contributed by atoms with Crippen molar-refractivity contribution in [1.82, 2.24) is 4.90 Å². The predicted molar refractivity (Wildman–Crippen MR) is 100 cm³/mol. The second kappa shape index (κ2) is 9.58. The zero-order chi connectivity index (χ0) is 18.9. The molecule has 0 radical (unpaired) electrons. The molecule has 0 spiro atoms. The highest BCUT2D eigenvalue weighted by molar-refractivity contribution is 6.27. The first-order valence-electron chi connectivity index (χ1n) is 8.50. The van der Waals surface area contributed by atoms with Gasteiger partial charge in [-0.05, 0) is 24.6 Å². The van der Waals surface area contributed by atoms with E-state index in [0.717, 1.165) is 32.7 Å². The fraction of sp³-hybridized carbons (Fsp3) is 0.300. The number of aliphatic carboxylic acids is 2. The van der Waals surface area contributed by atoms with Gasteiger partial charge in [-0.3, -0.25) is 4.90 Å². The minimum absolute atomic E-state index is 1.07. The molecule has 6 heteroatoms. The van der Waals surface area contributed by atoms with E-state index in [1.807, 2.05) is 0 Å². The van der Waals surface area contributed by atoms with E-state index >= 15 is 0 Å². The number of carbonyl (C=O) groups is 2. The summed E-state index contributed by atoms with van der Waals surface area (Å²) in [5, 5.41) is 14.8. The minimum Gasteiger partial charge on any atom is -0.473 e. The Hall–Kier alpha value is -2.86. The monoisotopic (exact) mass is 356 g/mol. The van der Waals surface area contributed by atoms with Gasteiger partial charge in [-0.15, -0.1) is 0 Å². The Morgan fingerprint density at radius 2 is 1.38 bits per heavy atom. The number of anilines is 1. The van der Waals surface area contributed by atoms with Crippen molar-refractivity contribution in [1.29, 1.82) is 0 Å². The maximum Gasteiger partial charge on any atom is 0.414 e. The molecule has 1 aliphatic heterocycles. The molecule has 2 aromatic carbocycles. The van der Waals surface area contributed by atoms with Crippen molar-refractivity contribution in [3.63, 3.8) is 0 Å². The molecule has 0 amide bonds. The number of hydrogen-bond acceptors (Lipinski definition) is 4. The molecule has 26 heavy (non-hydrogen) atoms. The Balaban J connectivity index is 0.000000352. The summed E-state index contributed by atoms with van der Waals surface area (Å²) in [6.45, 7) is 7.74. The number of hydrogen-bond donors (Lipinski definition) is 2. The van der Waals surface area contributed by atoms with Crippen LogP contribution in [0.15, 0.2) is 54.6 Å². The highest BCUT2D eigenvalue weighted by atomic mass is 16.4. The number of rotatable bonds is 3. The quantitative estimate of drug-likeness (QED) is 0.823. The van der Waals surface area contributed by atoms with Gasteiger partial charge in [-0.2, -0.15) is 0 Å². The normalized spacial score (nSPS) is 14.3. The number of nitrogens with zero attached hydrogens (tertiary/aromatic N) is 2. The third kappa shape index (κ3) is 6.22. The molecule has 138 valence electrons. The van der Waals surface area contributed by atoms with Crippen molar-refractivity contribution in [3.05, 3.63) is 65.7 Å². The third-order valence-corrected chi connectivity index (χ3v) is 4.20. The molecule has 6 nitrogen and oxygen atoms in total. The van der Waals surface area contributed by atoms with Gasteiger partial charge in [0.25, 0.3) is 0 Å². The van der Waals surface area contributed by atoms with Crippen LogP contribution in [0.25, 0.3) is 0 Å². The Bertz CT molecular complexity index is 696. The van der Waals surface area contributed by atoms with Crippen molar-refractivity contribution in [2.24, 2.45) is 0 Å². The Kier molecular flexibility index (Phi) is 7.17. The van der Waals surface area contributed by atoms with E-state index in [0.29, 0.717) is 0 Å². The van der Waals surface area contributed by atoms with E-state index < -0.39 is 11.9 Å². The molecule has 3 rings (SSSR count). The molecule has 0 aliphatic carbocycles. The van der Waals surface area contributed by atoms with Crippen LogP contribution in [0.1, 0.15) is 11.1 Å². The van der Waals surface area contributed by atoms with Crippen LogP contribution in [-0.2, 0) is 16.1 Å². The average molecular weight is 356 g/mol. The Labute approximate surface area is 153 Å². The SMILES string of the molecule is Cc1ccc(CN2CCN(c3ccccc3)CC2)cc1.O=C(O)C(=O)O. The van der Waals surface area contributed by atoms with E-state index in [1.165, 1.54) is 16.8 Å². The summed E-state index contributed by atoms with van der Waals surface area (Å²) < 4.78 is 0. The summed E-state index contributed by atoms with van der Waals surface area (Å²) in [4.78, 5) is 23.2. The van der Waals surface area contributed by atoms with Crippen LogP contribution >= 0.6 is 0 Å². The maximum atomic E-state index is 9.10. The summed E-state index contributed by atoms with van der Waals surface area (Å²) in [6.07, 6.45) is 0. The summed E-state index contributed by atoms with van der Waals surface area (Å²) in [7, 11) is 0. The summed E-state index contributed by atoms with van der Waals surface area (Å²) >= 11 is 0. The first kappa shape index (κ1) is 19.5. The molecule has 1 aliphatic rings. The van der Waals surface area contributed by atoms with Gasteiger partial charge in [0.1, 0.15) is 0 Å². The summed E-state index contributed by atoms with van der Waals surface area (Å²) in [6, 6.07) is 19.6. The lowest BCUT2D eigenvalue weighted by atomic mass is 10.1. The van der Waals surface area contributed by atoms with Crippen LogP contribution in [0.3, 0.4) is 0 Å². The summed E-state index contributed by atoms with van der Waals surface area (Å²) in [5.74, 6) is -3.65. The van der Waals surface area contributed by atoms with Crippen LogP contribution in [0.2, 0.25) is 0 Å². The van der Waals surface area contributed by atoms with Gasteiger partial charge in [0.2, 0.25) is 0 Å². The van der Waals surface area contributed by atoms with E-state index in [2.05, 4.69) is 71.3 Å². The van der Waals surface area contributed by atoms with Crippen molar-refractivity contribution in [2.75, 3.05) is 31.1 Å². The molecule has 0 unspecified atom stereocenters. The van der Waals surface area contributed by atoms with Crippen molar-refractivity contribution >= 4 is 17.6 Å². The second-order valence-electron chi connectivity index (χ2n) is 6.19. The maximum absolute atomic E-state index is 9.10. The molecule has 0 saturated carbocycles. The van der Waals surface area contributed by atoms with Crippen molar-refractivity contribution in [2.45, 2.75) is 13.5 Å². The first-order chi connectivity index (χ1) is 12.5. The molecule has 0 atom stereocenters. The largest absolute Gasteiger partial charge is 0.473 e. The number of piperazine rings is 1. The van der Waals surface area contributed by atoms with Crippen LogP contribution < -0.4 is 4.90 Å².